The van der Waals surface area contributed by atoms with Gasteiger partial charge in [-0.05, 0) is 42.5 Å². The standard InChI is InChI=1S/C19H15Cl2N3O2/c1-26-17-7-5-12(10-15(17)21)24-19(25)13-6-4-11(9-16(13)22)18-14(20)3-2-8-23-18/h2-10H,22H2,1H3,(H,24,25). The van der Waals surface area contributed by atoms with E-state index in [0.717, 1.165) is 5.56 Å². The average molecular weight is 388 g/mol. The Hall–Kier alpha value is -2.76. The molecule has 0 aliphatic carbocycles. The van der Waals surface area contributed by atoms with Crippen molar-refractivity contribution < 1.29 is 9.53 Å². The summed E-state index contributed by atoms with van der Waals surface area (Å²) < 4.78 is 5.09. The van der Waals surface area contributed by atoms with E-state index in [2.05, 4.69) is 10.3 Å². The summed E-state index contributed by atoms with van der Waals surface area (Å²) in [6.07, 6.45) is 1.64. The van der Waals surface area contributed by atoms with E-state index in [0.29, 0.717) is 38.4 Å². The SMILES string of the molecule is COc1ccc(NC(=O)c2ccc(-c3ncccc3Cl)cc2N)cc1Cl. The molecule has 0 atom stereocenters. The molecule has 0 saturated carbocycles. The van der Waals surface area contributed by atoms with Crippen LogP contribution in [0, 0.1) is 0 Å². The second kappa shape index (κ2) is 7.64. The largest absolute Gasteiger partial charge is 0.495 e. The fourth-order valence-electron chi connectivity index (χ4n) is 2.46. The van der Waals surface area contributed by atoms with Crippen molar-refractivity contribution in [2.45, 2.75) is 0 Å². The van der Waals surface area contributed by atoms with Crippen LogP contribution in [0.5, 0.6) is 5.75 Å². The molecule has 0 aliphatic rings. The van der Waals surface area contributed by atoms with Crippen molar-refractivity contribution in [3.8, 4) is 17.0 Å². The highest BCUT2D eigenvalue weighted by Crippen LogP contribution is 2.30. The van der Waals surface area contributed by atoms with Gasteiger partial charge >= 0.3 is 0 Å². The molecule has 5 nitrogen and oxygen atoms in total. The van der Waals surface area contributed by atoms with Gasteiger partial charge in [-0.2, -0.15) is 0 Å². The number of methoxy groups -OCH3 is 1. The molecule has 0 bridgehead atoms. The number of nitrogens with two attached hydrogens (primary N) is 1. The molecule has 1 aromatic heterocycles. The smallest absolute Gasteiger partial charge is 0.257 e. The third-order valence-corrected chi connectivity index (χ3v) is 4.34. The van der Waals surface area contributed by atoms with Gasteiger partial charge in [0.1, 0.15) is 5.75 Å². The highest BCUT2D eigenvalue weighted by atomic mass is 35.5. The molecule has 0 spiro atoms. The molecule has 0 radical (unpaired) electrons. The summed E-state index contributed by atoms with van der Waals surface area (Å²) >= 11 is 12.2. The fraction of sp³-hybridized carbons (Fsp3) is 0.0526. The number of hydrogen-bond donors (Lipinski definition) is 2. The Kier molecular flexibility index (Phi) is 5.30. The molecular weight excluding hydrogens is 373 g/mol. The van der Waals surface area contributed by atoms with E-state index in [1.54, 1.807) is 54.7 Å². The van der Waals surface area contributed by atoms with Gasteiger partial charge in [-0.15, -0.1) is 0 Å². The van der Waals surface area contributed by atoms with Crippen LogP contribution in [0.1, 0.15) is 10.4 Å². The van der Waals surface area contributed by atoms with Crippen molar-refractivity contribution in [1.82, 2.24) is 4.98 Å². The van der Waals surface area contributed by atoms with Gasteiger partial charge in [-0.3, -0.25) is 9.78 Å². The number of ether oxygens (including phenoxy) is 1. The Morgan fingerprint density at radius 1 is 1.12 bits per heavy atom. The van der Waals surface area contributed by atoms with Crippen molar-refractivity contribution in [3.63, 3.8) is 0 Å². The Morgan fingerprint density at radius 3 is 2.58 bits per heavy atom. The highest BCUT2D eigenvalue weighted by molar-refractivity contribution is 6.33. The summed E-state index contributed by atoms with van der Waals surface area (Å²) in [7, 11) is 1.52. The number of carbonyl (C=O) groups excluding carboxylic acids is 1. The number of nitrogens with zero attached hydrogens (tertiary/aromatic N) is 1. The van der Waals surface area contributed by atoms with Crippen LogP contribution in [-0.4, -0.2) is 18.0 Å². The van der Waals surface area contributed by atoms with Crippen molar-refractivity contribution in [2.24, 2.45) is 0 Å². The van der Waals surface area contributed by atoms with Gasteiger partial charge in [0, 0.05) is 23.1 Å². The van der Waals surface area contributed by atoms with Gasteiger partial charge in [-0.1, -0.05) is 29.3 Å². The molecule has 0 aliphatic heterocycles. The highest BCUT2D eigenvalue weighted by Gasteiger charge is 2.13. The zero-order valence-corrected chi connectivity index (χ0v) is 15.3. The molecule has 1 amide bonds. The fourth-order valence-corrected chi connectivity index (χ4v) is 2.95. The van der Waals surface area contributed by atoms with Crippen LogP contribution in [-0.2, 0) is 0 Å². The molecular formula is C19H15Cl2N3O2. The van der Waals surface area contributed by atoms with Crippen LogP contribution in [0.15, 0.2) is 54.7 Å². The normalized spacial score (nSPS) is 10.4. The maximum Gasteiger partial charge on any atom is 0.257 e. The van der Waals surface area contributed by atoms with Crippen molar-refractivity contribution in [1.29, 1.82) is 0 Å². The van der Waals surface area contributed by atoms with Crippen LogP contribution >= 0.6 is 23.2 Å². The van der Waals surface area contributed by atoms with E-state index >= 15 is 0 Å². The number of amides is 1. The second-order valence-corrected chi connectivity index (χ2v) is 6.25. The molecule has 0 fully saturated rings. The van der Waals surface area contributed by atoms with Crippen LogP contribution in [0.2, 0.25) is 10.0 Å². The van der Waals surface area contributed by atoms with Crippen molar-refractivity contribution in [2.75, 3.05) is 18.2 Å². The molecule has 1 heterocycles. The van der Waals surface area contributed by atoms with E-state index in [1.807, 2.05) is 0 Å². The summed E-state index contributed by atoms with van der Waals surface area (Å²) in [4.78, 5) is 16.8. The molecule has 132 valence electrons. The summed E-state index contributed by atoms with van der Waals surface area (Å²) in [5.74, 6) is 0.183. The van der Waals surface area contributed by atoms with Crippen molar-refractivity contribution >= 4 is 40.5 Å². The third kappa shape index (κ3) is 3.74. The van der Waals surface area contributed by atoms with E-state index in [-0.39, 0.29) is 5.91 Å². The summed E-state index contributed by atoms with van der Waals surface area (Å²) in [6, 6.07) is 13.5. The maximum absolute atomic E-state index is 12.5. The number of carbonyl (C=O) groups is 1. The van der Waals surface area contributed by atoms with Gasteiger partial charge in [-0.25, -0.2) is 0 Å². The minimum atomic E-state index is -0.345. The summed E-state index contributed by atoms with van der Waals surface area (Å²) in [5, 5.41) is 3.67. The van der Waals surface area contributed by atoms with Gasteiger partial charge in [0.2, 0.25) is 0 Å². The van der Waals surface area contributed by atoms with E-state index < -0.39 is 0 Å². The minimum absolute atomic E-state index is 0.321. The van der Waals surface area contributed by atoms with Crippen LogP contribution < -0.4 is 15.8 Å². The number of nitrogen functional groups attached to an aromatic ring is 1. The molecule has 0 saturated heterocycles. The lowest BCUT2D eigenvalue weighted by Gasteiger charge is -2.11. The minimum Gasteiger partial charge on any atom is -0.495 e. The Labute approximate surface area is 160 Å². The summed E-state index contributed by atoms with van der Waals surface area (Å²) in [6.45, 7) is 0. The zero-order chi connectivity index (χ0) is 18.7. The monoisotopic (exact) mass is 387 g/mol. The zero-order valence-electron chi connectivity index (χ0n) is 13.8. The third-order valence-electron chi connectivity index (χ3n) is 3.74. The van der Waals surface area contributed by atoms with Gasteiger partial charge in [0.05, 0.1) is 28.4 Å². The average Bonchev–Trinajstić information content (AvgIpc) is 2.62. The Balaban J connectivity index is 1.84. The number of rotatable bonds is 4. The number of benzene rings is 2. The second-order valence-electron chi connectivity index (χ2n) is 5.44. The molecule has 7 heteroatoms. The molecule has 3 N–H and O–H groups in total. The maximum atomic E-state index is 12.5. The first-order valence-electron chi connectivity index (χ1n) is 7.65. The lowest BCUT2D eigenvalue weighted by Crippen LogP contribution is -2.14. The van der Waals surface area contributed by atoms with Crippen LogP contribution in [0.4, 0.5) is 11.4 Å². The van der Waals surface area contributed by atoms with Gasteiger partial charge < -0.3 is 15.8 Å². The molecule has 3 rings (SSSR count). The lowest BCUT2D eigenvalue weighted by molar-refractivity contribution is 0.102. The quantitative estimate of drug-likeness (QED) is 0.624. The number of nitrogens with one attached hydrogen (secondary N) is 1. The number of pyridine rings is 1. The van der Waals surface area contributed by atoms with E-state index in [9.17, 15) is 4.79 Å². The number of aromatic nitrogens is 1. The van der Waals surface area contributed by atoms with Gasteiger partial charge in [0.25, 0.3) is 5.91 Å². The van der Waals surface area contributed by atoms with E-state index in [4.69, 9.17) is 33.7 Å². The first kappa shape index (κ1) is 18.0. The number of anilines is 2. The number of hydrogen-bond acceptors (Lipinski definition) is 4. The number of halogens is 2. The van der Waals surface area contributed by atoms with Crippen LogP contribution in [0.25, 0.3) is 11.3 Å². The predicted molar refractivity (Wildman–Crippen MR) is 105 cm³/mol. The Morgan fingerprint density at radius 2 is 1.92 bits per heavy atom. The van der Waals surface area contributed by atoms with Gasteiger partial charge in [0.15, 0.2) is 0 Å². The molecule has 3 aromatic rings. The van der Waals surface area contributed by atoms with Crippen molar-refractivity contribution in [3.05, 3.63) is 70.3 Å². The summed E-state index contributed by atoms with van der Waals surface area (Å²) in [5.41, 5.74) is 8.60. The first-order chi connectivity index (χ1) is 12.5. The first-order valence-corrected chi connectivity index (χ1v) is 8.40. The molecule has 26 heavy (non-hydrogen) atoms. The van der Waals surface area contributed by atoms with Crippen LogP contribution in [0.3, 0.4) is 0 Å². The molecule has 0 unspecified atom stereocenters. The Bertz CT molecular complexity index is 977. The lowest BCUT2D eigenvalue weighted by atomic mass is 10.1. The predicted octanol–water partition coefficient (Wildman–Crippen LogP) is 4.90. The topological polar surface area (TPSA) is 77.2 Å². The molecule has 2 aromatic carbocycles. The van der Waals surface area contributed by atoms with E-state index in [1.165, 1.54) is 7.11 Å².